The van der Waals surface area contributed by atoms with Gasteiger partial charge in [-0.05, 0) is 49.8 Å². The summed E-state index contributed by atoms with van der Waals surface area (Å²) >= 11 is 0. The highest BCUT2D eigenvalue weighted by atomic mass is 16.1. The summed E-state index contributed by atoms with van der Waals surface area (Å²) in [5.41, 5.74) is 8.28. The number of nitrogen functional groups attached to an aromatic ring is 1. The van der Waals surface area contributed by atoms with E-state index >= 15 is 0 Å². The van der Waals surface area contributed by atoms with Crippen LogP contribution in [0.2, 0.25) is 0 Å². The Bertz CT molecular complexity index is 447. The molecule has 1 aromatic rings. The number of nitrogens with one attached hydrogen (secondary N) is 1. The fourth-order valence-electron chi connectivity index (χ4n) is 1.91. The maximum Gasteiger partial charge on any atom is 0.251 e. The number of rotatable bonds is 4. The minimum absolute atomic E-state index is 0.0359. The van der Waals surface area contributed by atoms with Gasteiger partial charge in [-0.1, -0.05) is 26.8 Å². The van der Waals surface area contributed by atoms with Crippen LogP contribution in [0.1, 0.15) is 56.5 Å². The topological polar surface area (TPSA) is 55.1 Å². The molecular weight excluding hydrogens is 236 g/mol. The molecule has 0 saturated heterocycles. The molecule has 1 unspecified atom stereocenters. The molecule has 1 aromatic carbocycles. The van der Waals surface area contributed by atoms with Crippen LogP contribution in [0.25, 0.3) is 0 Å². The smallest absolute Gasteiger partial charge is 0.251 e. The molecule has 3 N–H and O–H groups in total. The van der Waals surface area contributed by atoms with Crippen LogP contribution in [0.3, 0.4) is 0 Å². The zero-order chi connectivity index (χ0) is 14.6. The van der Waals surface area contributed by atoms with Crippen LogP contribution < -0.4 is 11.1 Å². The zero-order valence-electron chi connectivity index (χ0n) is 12.7. The summed E-state index contributed by atoms with van der Waals surface area (Å²) in [5.74, 6) is -0.0359. The summed E-state index contributed by atoms with van der Waals surface area (Å²) in [7, 11) is 0. The van der Waals surface area contributed by atoms with Crippen LogP contribution in [0.4, 0.5) is 5.69 Å². The Balaban J connectivity index is 2.62. The first-order chi connectivity index (χ1) is 8.69. The Labute approximate surface area is 116 Å². The fraction of sp³-hybridized carbons (Fsp3) is 0.562. The van der Waals surface area contributed by atoms with Gasteiger partial charge in [-0.2, -0.15) is 0 Å². The van der Waals surface area contributed by atoms with Crippen LogP contribution >= 0.6 is 0 Å². The number of nitrogens with two attached hydrogens (primary N) is 1. The summed E-state index contributed by atoms with van der Waals surface area (Å²) in [4.78, 5) is 12.2. The molecule has 19 heavy (non-hydrogen) atoms. The van der Waals surface area contributed by atoms with Crippen molar-refractivity contribution in [1.82, 2.24) is 5.32 Å². The van der Waals surface area contributed by atoms with E-state index in [0.29, 0.717) is 16.7 Å². The maximum atomic E-state index is 12.2. The van der Waals surface area contributed by atoms with Crippen LogP contribution in [0, 0.1) is 12.3 Å². The summed E-state index contributed by atoms with van der Waals surface area (Å²) < 4.78 is 0. The first kappa shape index (κ1) is 15.5. The van der Waals surface area contributed by atoms with Crippen molar-refractivity contribution < 1.29 is 4.79 Å². The van der Waals surface area contributed by atoms with E-state index in [9.17, 15) is 4.79 Å². The molecular formula is C16H26N2O. The predicted octanol–water partition coefficient (Wildman–Crippen LogP) is 3.52. The van der Waals surface area contributed by atoms with E-state index in [-0.39, 0.29) is 11.9 Å². The van der Waals surface area contributed by atoms with Gasteiger partial charge in [0.1, 0.15) is 0 Å². The highest BCUT2D eigenvalue weighted by Crippen LogP contribution is 2.21. The van der Waals surface area contributed by atoms with Gasteiger partial charge in [0.05, 0.1) is 0 Å². The molecule has 0 aliphatic heterocycles. The standard InChI is InChI=1S/C16H26N2O/c1-11-6-7-13(17)10-14(11)15(19)18-12(2)8-9-16(3,4)5/h6-7,10,12H,8-9,17H2,1-5H3,(H,18,19). The minimum Gasteiger partial charge on any atom is -0.399 e. The van der Waals surface area contributed by atoms with E-state index in [2.05, 4.69) is 26.1 Å². The van der Waals surface area contributed by atoms with Crippen LogP contribution in [0.15, 0.2) is 18.2 Å². The lowest BCUT2D eigenvalue weighted by Gasteiger charge is -2.22. The third kappa shape index (κ3) is 5.33. The van der Waals surface area contributed by atoms with Gasteiger partial charge < -0.3 is 11.1 Å². The zero-order valence-corrected chi connectivity index (χ0v) is 12.7. The maximum absolute atomic E-state index is 12.2. The van der Waals surface area contributed by atoms with E-state index in [4.69, 9.17) is 5.73 Å². The Kier molecular flexibility index (Phi) is 4.98. The van der Waals surface area contributed by atoms with Crippen molar-refractivity contribution in [2.24, 2.45) is 5.41 Å². The number of carbonyl (C=O) groups is 1. The van der Waals surface area contributed by atoms with Crippen LogP contribution in [-0.2, 0) is 0 Å². The van der Waals surface area contributed by atoms with E-state index in [1.54, 1.807) is 6.07 Å². The lowest BCUT2D eigenvalue weighted by atomic mass is 9.89. The normalized spacial score (nSPS) is 13.1. The molecule has 3 nitrogen and oxygen atoms in total. The number of aryl methyl sites for hydroxylation is 1. The summed E-state index contributed by atoms with van der Waals surface area (Å²) in [6.07, 6.45) is 2.07. The van der Waals surface area contributed by atoms with Gasteiger partial charge in [-0.15, -0.1) is 0 Å². The van der Waals surface area contributed by atoms with Gasteiger partial charge in [0, 0.05) is 17.3 Å². The Hall–Kier alpha value is -1.51. The molecule has 0 saturated carbocycles. The number of carbonyl (C=O) groups excluding carboxylic acids is 1. The second-order valence-corrected chi connectivity index (χ2v) is 6.55. The van der Waals surface area contributed by atoms with E-state index < -0.39 is 0 Å². The molecule has 0 aromatic heterocycles. The summed E-state index contributed by atoms with van der Waals surface area (Å²) in [6.45, 7) is 10.6. The number of amides is 1. The van der Waals surface area contributed by atoms with Gasteiger partial charge in [-0.3, -0.25) is 4.79 Å². The third-order valence-corrected chi connectivity index (χ3v) is 3.21. The average Bonchev–Trinajstić information content (AvgIpc) is 2.28. The molecule has 1 rings (SSSR count). The van der Waals surface area contributed by atoms with Crippen molar-refractivity contribution in [2.75, 3.05) is 5.73 Å². The number of hydrogen-bond donors (Lipinski definition) is 2. The molecule has 0 aliphatic rings. The highest BCUT2D eigenvalue weighted by Gasteiger charge is 2.15. The minimum atomic E-state index is -0.0359. The van der Waals surface area contributed by atoms with Crippen molar-refractivity contribution in [3.05, 3.63) is 29.3 Å². The first-order valence-corrected chi connectivity index (χ1v) is 6.86. The lowest BCUT2D eigenvalue weighted by Crippen LogP contribution is -2.33. The molecule has 0 fully saturated rings. The highest BCUT2D eigenvalue weighted by molar-refractivity contribution is 5.96. The van der Waals surface area contributed by atoms with Gasteiger partial charge in [0.15, 0.2) is 0 Å². The largest absolute Gasteiger partial charge is 0.399 e. The predicted molar refractivity (Wildman–Crippen MR) is 81.2 cm³/mol. The first-order valence-electron chi connectivity index (χ1n) is 6.86. The summed E-state index contributed by atoms with van der Waals surface area (Å²) in [6, 6.07) is 5.60. The molecule has 0 bridgehead atoms. The van der Waals surface area contributed by atoms with Gasteiger partial charge in [0.2, 0.25) is 0 Å². The monoisotopic (exact) mass is 262 g/mol. The number of hydrogen-bond acceptors (Lipinski definition) is 2. The second kappa shape index (κ2) is 6.09. The Morgan fingerprint density at radius 1 is 1.37 bits per heavy atom. The van der Waals surface area contributed by atoms with E-state index in [1.807, 2.05) is 26.0 Å². The molecule has 0 radical (unpaired) electrons. The molecule has 3 heteroatoms. The molecule has 0 heterocycles. The van der Waals surface area contributed by atoms with Crippen molar-refractivity contribution in [3.8, 4) is 0 Å². The number of benzene rings is 1. The van der Waals surface area contributed by atoms with Crippen molar-refractivity contribution in [1.29, 1.82) is 0 Å². The van der Waals surface area contributed by atoms with Gasteiger partial charge in [-0.25, -0.2) is 0 Å². The number of anilines is 1. The van der Waals surface area contributed by atoms with Gasteiger partial charge in [0.25, 0.3) is 5.91 Å². The van der Waals surface area contributed by atoms with Crippen LogP contribution in [-0.4, -0.2) is 11.9 Å². The van der Waals surface area contributed by atoms with E-state index in [0.717, 1.165) is 18.4 Å². The Morgan fingerprint density at radius 2 is 2.00 bits per heavy atom. The molecule has 106 valence electrons. The van der Waals surface area contributed by atoms with E-state index in [1.165, 1.54) is 0 Å². The van der Waals surface area contributed by atoms with Crippen molar-refractivity contribution >= 4 is 11.6 Å². The van der Waals surface area contributed by atoms with Crippen LogP contribution in [0.5, 0.6) is 0 Å². The quantitative estimate of drug-likeness (QED) is 0.816. The molecule has 1 atom stereocenters. The molecule has 0 spiro atoms. The van der Waals surface area contributed by atoms with Crippen molar-refractivity contribution in [2.45, 2.75) is 53.5 Å². The molecule has 1 amide bonds. The Morgan fingerprint density at radius 3 is 2.58 bits per heavy atom. The lowest BCUT2D eigenvalue weighted by molar-refractivity contribution is 0.0935. The second-order valence-electron chi connectivity index (χ2n) is 6.55. The molecule has 0 aliphatic carbocycles. The SMILES string of the molecule is Cc1ccc(N)cc1C(=O)NC(C)CCC(C)(C)C. The fourth-order valence-corrected chi connectivity index (χ4v) is 1.91. The third-order valence-electron chi connectivity index (χ3n) is 3.21. The van der Waals surface area contributed by atoms with Gasteiger partial charge >= 0.3 is 0 Å². The summed E-state index contributed by atoms with van der Waals surface area (Å²) in [5, 5.41) is 3.04. The van der Waals surface area contributed by atoms with Crippen molar-refractivity contribution in [3.63, 3.8) is 0 Å². The average molecular weight is 262 g/mol.